The van der Waals surface area contributed by atoms with Crippen LogP contribution in [-0.2, 0) is 14.3 Å². The van der Waals surface area contributed by atoms with E-state index >= 15 is 0 Å². The number of methoxy groups -OCH3 is 3. The van der Waals surface area contributed by atoms with Gasteiger partial charge in [0.2, 0.25) is 0 Å². The zero-order valence-electron chi connectivity index (χ0n) is 15.7. The van der Waals surface area contributed by atoms with Crippen LogP contribution in [0.25, 0.3) is 6.08 Å². The van der Waals surface area contributed by atoms with Crippen molar-refractivity contribution < 1.29 is 28.5 Å². The first-order valence-corrected chi connectivity index (χ1v) is 8.55. The number of para-hydroxylation sites is 1. The number of amides is 1. The van der Waals surface area contributed by atoms with Gasteiger partial charge in [-0.3, -0.25) is 4.79 Å². The highest BCUT2D eigenvalue weighted by atomic mass is 35.5. The summed E-state index contributed by atoms with van der Waals surface area (Å²) in [6.07, 6.45) is 2.68. The maximum absolute atomic E-state index is 11.9. The summed E-state index contributed by atoms with van der Waals surface area (Å²) in [5.41, 5.74) is 1.02. The van der Waals surface area contributed by atoms with Crippen LogP contribution in [0.2, 0.25) is 5.02 Å². The van der Waals surface area contributed by atoms with E-state index in [0.717, 1.165) is 0 Å². The molecule has 0 saturated heterocycles. The number of carbonyl (C=O) groups excluding carboxylic acids is 2. The fourth-order valence-electron chi connectivity index (χ4n) is 2.27. The highest BCUT2D eigenvalue weighted by Gasteiger charge is 2.11. The number of esters is 1. The second kappa shape index (κ2) is 10.2. The number of halogens is 1. The molecule has 0 bridgehead atoms. The fraction of sp³-hybridized carbons (Fsp3) is 0.200. The molecule has 0 aliphatic heterocycles. The molecule has 1 amide bonds. The van der Waals surface area contributed by atoms with Crippen LogP contribution in [0.1, 0.15) is 5.56 Å². The number of ether oxygens (including phenoxy) is 4. The molecule has 148 valence electrons. The van der Waals surface area contributed by atoms with Crippen molar-refractivity contribution >= 4 is 35.2 Å². The third-order valence-corrected chi connectivity index (χ3v) is 3.96. The average Bonchev–Trinajstić information content (AvgIpc) is 2.71. The summed E-state index contributed by atoms with van der Waals surface area (Å²) in [7, 11) is 4.51. The molecule has 7 nitrogen and oxygen atoms in total. The summed E-state index contributed by atoms with van der Waals surface area (Å²) in [5, 5.41) is 2.95. The Balaban J connectivity index is 1.98. The van der Waals surface area contributed by atoms with Crippen molar-refractivity contribution in [2.24, 2.45) is 0 Å². The Morgan fingerprint density at radius 1 is 1.00 bits per heavy atom. The number of carbonyl (C=O) groups is 2. The molecule has 0 heterocycles. The average molecular weight is 406 g/mol. The Morgan fingerprint density at radius 3 is 2.29 bits per heavy atom. The Morgan fingerprint density at radius 2 is 1.64 bits per heavy atom. The molecule has 2 aromatic rings. The topological polar surface area (TPSA) is 83.1 Å². The fourth-order valence-corrected chi connectivity index (χ4v) is 2.46. The summed E-state index contributed by atoms with van der Waals surface area (Å²) in [6, 6.07) is 10.1. The van der Waals surface area contributed by atoms with Crippen LogP contribution in [0.5, 0.6) is 17.2 Å². The Hall–Kier alpha value is -3.19. The molecule has 1 N–H and O–H groups in total. The minimum Gasteiger partial charge on any atom is -0.496 e. The second-order valence-corrected chi connectivity index (χ2v) is 5.83. The molecule has 0 atom stereocenters. The molecule has 0 fully saturated rings. The van der Waals surface area contributed by atoms with Gasteiger partial charge in [0, 0.05) is 17.7 Å². The van der Waals surface area contributed by atoms with Gasteiger partial charge >= 0.3 is 5.97 Å². The van der Waals surface area contributed by atoms with Gasteiger partial charge in [0.1, 0.15) is 5.75 Å². The maximum atomic E-state index is 11.9. The normalized spacial score (nSPS) is 10.4. The van der Waals surface area contributed by atoms with E-state index in [-0.39, 0.29) is 0 Å². The molecule has 8 heteroatoms. The van der Waals surface area contributed by atoms with Gasteiger partial charge < -0.3 is 24.3 Å². The van der Waals surface area contributed by atoms with E-state index in [4.69, 9.17) is 30.5 Å². The number of rotatable bonds is 8. The molecule has 0 radical (unpaired) electrons. The van der Waals surface area contributed by atoms with Gasteiger partial charge in [0.05, 0.1) is 32.0 Å². The smallest absolute Gasteiger partial charge is 0.331 e. The standard InChI is InChI=1S/C20H20ClNO6/c1-25-16-11-18(27-3)17(26-2)10-13(16)8-9-20(24)28-12-19(23)22-15-7-5-4-6-14(15)21/h4-11H,12H2,1-3H3,(H,22,23)/b9-8+. The highest BCUT2D eigenvalue weighted by molar-refractivity contribution is 6.33. The molecule has 0 spiro atoms. The molecule has 0 saturated carbocycles. The lowest BCUT2D eigenvalue weighted by Crippen LogP contribution is -2.20. The summed E-state index contributed by atoms with van der Waals surface area (Å²) >= 11 is 5.96. The number of hydrogen-bond donors (Lipinski definition) is 1. The molecule has 0 aromatic heterocycles. The molecule has 0 unspecified atom stereocenters. The Kier molecular flexibility index (Phi) is 7.71. The first-order chi connectivity index (χ1) is 13.5. The van der Waals surface area contributed by atoms with Gasteiger partial charge in [-0.05, 0) is 24.3 Å². The highest BCUT2D eigenvalue weighted by Crippen LogP contribution is 2.35. The second-order valence-electron chi connectivity index (χ2n) is 5.42. The van der Waals surface area contributed by atoms with Gasteiger partial charge in [-0.25, -0.2) is 4.79 Å². The first kappa shape index (κ1) is 21.1. The molecule has 2 aromatic carbocycles. The summed E-state index contributed by atoms with van der Waals surface area (Å²) in [5.74, 6) is 0.272. The van der Waals surface area contributed by atoms with E-state index in [0.29, 0.717) is 33.5 Å². The monoisotopic (exact) mass is 405 g/mol. The van der Waals surface area contributed by atoms with E-state index in [2.05, 4.69) is 5.32 Å². The molecule has 28 heavy (non-hydrogen) atoms. The first-order valence-electron chi connectivity index (χ1n) is 8.17. The Bertz CT molecular complexity index is 881. The lowest BCUT2D eigenvalue weighted by molar-refractivity contribution is -0.142. The van der Waals surface area contributed by atoms with Gasteiger partial charge in [-0.15, -0.1) is 0 Å². The largest absolute Gasteiger partial charge is 0.496 e. The van der Waals surface area contributed by atoms with E-state index in [9.17, 15) is 9.59 Å². The van der Waals surface area contributed by atoms with Crippen molar-refractivity contribution in [3.05, 3.63) is 53.1 Å². The van der Waals surface area contributed by atoms with Crippen LogP contribution in [0.3, 0.4) is 0 Å². The lowest BCUT2D eigenvalue weighted by atomic mass is 10.1. The minimum absolute atomic E-state index is 0.391. The Labute approximate surface area is 167 Å². The SMILES string of the molecule is COc1cc(OC)c(OC)cc1/C=C/C(=O)OCC(=O)Nc1ccccc1Cl. The van der Waals surface area contributed by atoms with Gasteiger partial charge in [-0.1, -0.05) is 23.7 Å². The molecular formula is C20H20ClNO6. The zero-order valence-corrected chi connectivity index (χ0v) is 16.4. The molecule has 0 aliphatic rings. The third kappa shape index (κ3) is 5.65. The number of benzene rings is 2. The lowest BCUT2D eigenvalue weighted by Gasteiger charge is -2.12. The van der Waals surface area contributed by atoms with Crippen molar-refractivity contribution in [1.29, 1.82) is 0 Å². The van der Waals surface area contributed by atoms with Crippen molar-refractivity contribution in [1.82, 2.24) is 0 Å². The molecular weight excluding hydrogens is 386 g/mol. The van der Waals surface area contributed by atoms with Gasteiger partial charge in [0.15, 0.2) is 18.1 Å². The molecule has 0 aliphatic carbocycles. The summed E-state index contributed by atoms with van der Waals surface area (Å²) in [4.78, 5) is 23.8. The molecule has 2 rings (SSSR count). The van der Waals surface area contributed by atoms with Crippen molar-refractivity contribution in [3.63, 3.8) is 0 Å². The third-order valence-electron chi connectivity index (χ3n) is 3.63. The number of hydrogen-bond acceptors (Lipinski definition) is 6. The van der Waals surface area contributed by atoms with Crippen molar-refractivity contribution in [3.8, 4) is 17.2 Å². The number of nitrogens with one attached hydrogen (secondary N) is 1. The van der Waals surface area contributed by atoms with E-state index in [1.165, 1.54) is 33.5 Å². The van der Waals surface area contributed by atoms with Crippen LogP contribution < -0.4 is 19.5 Å². The van der Waals surface area contributed by atoms with Crippen LogP contribution in [0.15, 0.2) is 42.5 Å². The van der Waals surface area contributed by atoms with E-state index < -0.39 is 18.5 Å². The minimum atomic E-state index is -0.689. The predicted octanol–water partition coefficient (Wildman–Crippen LogP) is 3.56. The van der Waals surface area contributed by atoms with E-state index in [1.807, 2.05) is 0 Å². The van der Waals surface area contributed by atoms with Crippen LogP contribution in [0.4, 0.5) is 5.69 Å². The quantitative estimate of drug-likeness (QED) is 0.534. The summed E-state index contributed by atoms with van der Waals surface area (Å²) < 4.78 is 20.7. The van der Waals surface area contributed by atoms with Crippen molar-refractivity contribution in [2.75, 3.05) is 33.3 Å². The van der Waals surface area contributed by atoms with Crippen LogP contribution in [-0.4, -0.2) is 39.8 Å². The van der Waals surface area contributed by atoms with Crippen LogP contribution in [0, 0.1) is 0 Å². The van der Waals surface area contributed by atoms with E-state index in [1.54, 1.807) is 36.4 Å². The van der Waals surface area contributed by atoms with Crippen LogP contribution >= 0.6 is 11.6 Å². The zero-order chi connectivity index (χ0) is 20.5. The predicted molar refractivity (Wildman–Crippen MR) is 106 cm³/mol. The van der Waals surface area contributed by atoms with Gasteiger partial charge in [-0.2, -0.15) is 0 Å². The summed E-state index contributed by atoms with van der Waals surface area (Å²) in [6.45, 7) is -0.447. The van der Waals surface area contributed by atoms with Crippen molar-refractivity contribution in [2.45, 2.75) is 0 Å². The maximum Gasteiger partial charge on any atom is 0.331 e. The number of anilines is 1. The van der Waals surface area contributed by atoms with Gasteiger partial charge in [0.25, 0.3) is 5.91 Å².